The number of pyridine rings is 1. The van der Waals surface area contributed by atoms with Gasteiger partial charge in [-0.05, 0) is 36.6 Å². The van der Waals surface area contributed by atoms with E-state index in [9.17, 15) is 9.18 Å². The maximum absolute atomic E-state index is 13.9. The Balaban J connectivity index is 1.41. The Kier molecular flexibility index (Phi) is 6.04. The molecule has 3 rings (SSSR count). The summed E-state index contributed by atoms with van der Waals surface area (Å²) in [5.74, 6) is 0.147. The summed E-state index contributed by atoms with van der Waals surface area (Å²) in [5.41, 5.74) is 1.62. The number of para-hydroxylation sites is 1. The van der Waals surface area contributed by atoms with Crippen LogP contribution in [0.25, 0.3) is 0 Å². The highest BCUT2D eigenvalue weighted by molar-refractivity contribution is 5.73. The molecule has 1 atom stereocenters. The molecule has 1 aliphatic heterocycles. The molecule has 0 aliphatic carbocycles. The van der Waals surface area contributed by atoms with Crippen LogP contribution >= 0.6 is 0 Å². The van der Waals surface area contributed by atoms with Gasteiger partial charge in [-0.15, -0.1) is 0 Å². The predicted octanol–water partition coefficient (Wildman–Crippen LogP) is 2.93. The highest BCUT2D eigenvalue weighted by Crippen LogP contribution is 2.25. The summed E-state index contributed by atoms with van der Waals surface area (Å²) < 4.78 is 13.9. The molecule has 2 amide bonds. The number of carbonyl (C=O) groups excluding carboxylic acids is 1. The van der Waals surface area contributed by atoms with Gasteiger partial charge in [0.05, 0.1) is 5.69 Å². The standard InChI is InChI=1S/C20H25FN4O/c1-24(12-10-17-6-4-5-11-22-17)20(26)23-14-16-9-13-25(15-16)19-8-3-2-7-18(19)21/h2-8,11,16H,9-10,12-15H2,1H3,(H,23,26)/t16-/m0/s1. The zero-order valence-electron chi connectivity index (χ0n) is 15.1. The fourth-order valence-electron chi connectivity index (χ4n) is 3.22. The summed E-state index contributed by atoms with van der Waals surface area (Å²) in [6.07, 6.45) is 3.44. The van der Waals surface area contributed by atoms with Crippen molar-refractivity contribution in [3.05, 3.63) is 60.2 Å². The second kappa shape index (κ2) is 8.65. The quantitative estimate of drug-likeness (QED) is 0.866. The summed E-state index contributed by atoms with van der Waals surface area (Å²) in [4.78, 5) is 20.2. The first kappa shape index (κ1) is 18.2. The third-order valence-electron chi connectivity index (χ3n) is 4.80. The van der Waals surface area contributed by atoms with Crippen molar-refractivity contribution in [2.45, 2.75) is 12.8 Å². The lowest BCUT2D eigenvalue weighted by atomic mass is 10.1. The topological polar surface area (TPSA) is 48.5 Å². The molecule has 0 radical (unpaired) electrons. The molecule has 1 N–H and O–H groups in total. The molecular weight excluding hydrogens is 331 g/mol. The van der Waals surface area contributed by atoms with Crippen LogP contribution in [0.4, 0.5) is 14.9 Å². The van der Waals surface area contributed by atoms with E-state index in [2.05, 4.69) is 15.2 Å². The molecule has 0 bridgehead atoms. The van der Waals surface area contributed by atoms with Crippen molar-refractivity contribution in [3.63, 3.8) is 0 Å². The first-order chi connectivity index (χ1) is 12.6. The zero-order chi connectivity index (χ0) is 18.4. The smallest absolute Gasteiger partial charge is 0.317 e. The first-order valence-electron chi connectivity index (χ1n) is 9.02. The molecule has 138 valence electrons. The number of nitrogens with zero attached hydrogens (tertiary/aromatic N) is 3. The van der Waals surface area contributed by atoms with Crippen LogP contribution in [-0.4, -0.2) is 49.1 Å². The van der Waals surface area contributed by atoms with Crippen LogP contribution in [0.3, 0.4) is 0 Å². The van der Waals surface area contributed by atoms with Crippen LogP contribution in [0.1, 0.15) is 12.1 Å². The average Bonchev–Trinajstić information content (AvgIpc) is 3.14. The molecule has 0 saturated carbocycles. The molecule has 1 aromatic carbocycles. The van der Waals surface area contributed by atoms with Crippen LogP contribution in [0, 0.1) is 11.7 Å². The Labute approximate surface area is 153 Å². The van der Waals surface area contributed by atoms with E-state index in [1.165, 1.54) is 6.07 Å². The van der Waals surface area contributed by atoms with Crippen LogP contribution in [0.5, 0.6) is 0 Å². The molecule has 1 fully saturated rings. The molecule has 26 heavy (non-hydrogen) atoms. The minimum atomic E-state index is -0.188. The Morgan fingerprint density at radius 1 is 1.31 bits per heavy atom. The van der Waals surface area contributed by atoms with E-state index >= 15 is 0 Å². The maximum Gasteiger partial charge on any atom is 0.317 e. The van der Waals surface area contributed by atoms with Gasteiger partial charge < -0.3 is 15.1 Å². The van der Waals surface area contributed by atoms with E-state index in [1.54, 1.807) is 24.2 Å². The van der Waals surface area contributed by atoms with Crippen LogP contribution < -0.4 is 10.2 Å². The molecule has 5 nitrogen and oxygen atoms in total. The number of aromatic nitrogens is 1. The average molecular weight is 356 g/mol. The highest BCUT2D eigenvalue weighted by atomic mass is 19.1. The second-order valence-electron chi connectivity index (χ2n) is 6.73. The van der Waals surface area contributed by atoms with Crippen molar-refractivity contribution in [1.29, 1.82) is 0 Å². The zero-order valence-corrected chi connectivity index (χ0v) is 15.1. The van der Waals surface area contributed by atoms with Gasteiger partial charge in [0.25, 0.3) is 0 Å². The van der Waals surface area contributed by atoms with E-state index < -0.39 is 0 Å². The Morgan fingerprint density at radius 2 is 2.12 bits per heavy atom. The van der Waals surface area contributed by atoms with Gasteiger partial charge in [-0.2, -0.15) is 0 Å². The number of carbonyl (C=O) groups is 1. The number of hydrogen-bond acceptors (Lipinski definition) is 3. The van der Waals surface area contributed by atoms with Gasteiger partial charge in [0, 0.05) is 51.5 Å². The minimum absolute atomic E-state index is 0.0785. The molecule has 1 saturated heterocycles. The third-order valence-corrected chi connectivity index (χ3v) is 4.80. The van der Waals surface area contributed by atoms with Crippen molar-refractivity contribution in [3.8, 4) is 0 Å². The number of rotatable bonds is 6. The molecule has 1 aliphatic rings. The number of halogens is 1. The minimum Gasteiger partial charge on any atom is -0.369 e. The van der Waals surface area contributed by atoms with Crippen LogP contribution in [0.15, 0.2) is 48.7 Å². The third kappa shape index (κ3) is 4.71. The van der Waals surface area contributed by atoms with Gasteiger partial charge in [0.15, 0.2) is 0 Å². The molecule has 1 aromatic heterocycles. The lowest BCUT2D eigenvalue weighted by Crippen LogP contribution is -2.41. The lowest BCUT2D eigenvalue weighted by molar-refractivity contribution is 0.207. The molecule has 2 aromatic rings. The van der Waals surface area contributed by atoms with Gasteiger partial charge in [0.1, 0.15) is 5.82 Å². The van der Waals surface area contributed by atoms with E-state index in [-0.39, 0.29) is 11.8 Å². The summed E-state index contributed by atoms with van der Waals surface area (Å²) in [6, 6.07) is 12.6. The Bertz CT molecular complexity index is 725. The van der Waals surface area contributed by atoms with Gasteiger partial charge in [-0.25, -0.2) is 9.18 Å². The number of hydrogen-bond donors (Lipinski definition) is 1. The Hall–Kier alpha value is -2.63. The first-order valence-corrected chi connectivity index (χ1v) is 9.02. The van der Waals surface area contributed by atoms with E-state index in [0.717, 1.165) is 31.6 Å². The van der Waals surface area contributed by atoms with Crippen LogP contribution in [-0.2, 0) is 6.42 Å². The van der Waals surface area contributed by atoms with Gasteiger partial charge >= 0.3 is 6.03 Å². The largest absolute Gasteiger partial charge is 0.369 e. The summed E-state index contributed by atoms with van der Waals surface area (Å²) >= 11 is 0. The highest BCUT2D eigenvalue weighted by Gasteiger charge is 2.25. The van der Waals surface area contributed by atoms with Crippen molar-refractivity contribution in [2.24, 2.45) is 5.92 Å². The van der Waals surface area contributed by atoms with Crippen molar-refractivity contribution < 1.29 is 9.18 Å². The summed E-state index contributed by atoms with van der Waals surface area (Å²) in [6.45, 7) is 2.81. The molecule has 6 heteroatoms. The number of urea groups is 1. The monoisotopic (exact) mass is 356 g/mol. The number of anilines is 1. The van der Waals surface area contributed by atoms with Gasteiger partial charge in [-0.3, -0.25) is 4.98 Å². The second-order valence-corrected chi connectivity index (χ2v) is 6.73. The summed E-state index contributed by atoms with van der Waals surface area (Å²) in [5, 5.41) is 2.99. The normalized spacial score (nSPS) is 16.5. The van der Waals surface area contributed by atoms with E-state index in [0.29, 0.717) is 24.7 Å². The number of nitrogens with one attached hydrogen (secondary N) is 1. The molecule has 0 spiro atoms. The number of benzene rings is 1. The fraction of sp³-hybridized carbons (Fsp3) is 0.400. The van der Waals surface area contributed by atoms with Gasteiger partial charge in [0.2, 0.25) is 0 Å². The maximum atomic E-state index is 13.9. The number of likely N-dealkylation sites (N-methyl/N-ethyl adjacent to an activating group) is 1. The summed E-state index contributed by atoms with van der Waals surface area (Å²) in [7, 11) is 1.79. The van der Waals surface area contributed by atoms with E-state index in [1.807, 2.05) is 30.3 Å². The Morgan fingerprint density at radius 3 is 2.88 bits per heavy atom. The van der Waals surface area contributed by atoms with Gasteiger partial charge in [-0.1, -0.05) is 18.2 Å². The van der Waals surface area contributed by atoms with Crippen molar-refractivity contribution >= 4 is 11.7 Å². The molecule has 0 unspecified atom stereocenters. The van der Waals surface area contributed by atoms with Crippen LogP contribution in [0.2, 0.25) is 0 Å². The molecule has 2 heterocycles. The lowest BCUT2D eigenvalue weighted by Gasteiger charge is -2.21. The predicted molar refractivity (Wildman–Crippen MR) is 101 cm³/mol. The SMILES string of the molecule is CN(CCc1ccccn1)C(=O)NC[C@@H]1CCN(c2ccccc2F)C1. The van der Waals surface area contributed by atoms with Crippen molar-refractivity contribution in [1.82, 2.24) is 15.2 Å². The number of amides is 2. The fourth-order valence-corrected chi connectivity index (χ4v) is 3.22. The van der Waals surface area contributed by atoms with E-state index in [4.69, 9.17) is 0 Å². The molecular formula is C20H25FN4O. The van der Waals surface area contributed by atoms with Crippen molar-refractivity contribution in [2.75, 3.05) is 38.1 Å².